The Morgan fingerprint density at radius 3 is 1.86 bits per heavy atom. The molecule has 4 aromatic rings. The van der Waals surface area contributed by atoms with E-state index in [0.29, 0.717) is 44.5 Å². The van der Waals surface area contributed by atoms with E-state index in [1.807, 2.05) is 79.9 Å². The van der Waals surface area contributed by atoms with Gasteiger partial charge in [-0.15, -0.1) is 11.8 Å². The van der Waals surface area contributed by atoms with Crippen LogP contribution in [0.4, 0.5) is 0 Å². The molecule has 0 spiro atoms. The molecule has 0 fully saturated rings. The van der Waals surface area contributed by atoms with Crippen LogP contribution in [0.2, 0.25) is 0 Å². The zero-order chi connectivity index (χ0) is 31.2. The number of carbonyl (C=O) groups excluding carboxylic acids is 2. The van der Waals surface area contributed by atoms with E-state index in [1.54, 1.807) is 30.8 Å². The minimum absolute atomic E-state index is 0.0804. The van der Waals surface area contributed by atoms with Gasteiger partial charge in [0.15, 0.2) is 9.84 Å². The van der Waals surface area contributed by atoms with Crippen LogP contribution in [0.5, 0.6) is 0 Å². The van der Waals surface area contributed by atoms with Gasteiger partial charge in [-0.25, -0.2) is 18.0 Å². The van der Waals surface area contributed by atoms with Crippen molar-refractivity contribution in [3.63, 3.8) is 0 Å². The zero-order valence-corrected chi connectivity index (χ0v) is 26.4. The number of hydrogen-bond donors (Lipinski definition) is 0. The number of aryl methyl sites for hydroxylation is 2. The molecule has 8 heteroatoms. The summed E-state index contributed by atoms with van der Waals surface area (Å²) in [5, 5.41) is 0. The minimum Gasteiger partial charge on any atom is -0.457 e. The lowest BCUT2D eigenvalue weighted by molar-refractivity contribution is -0.134. The lowest BCUT2D eigenvalue weighted by Crippen LogP contribution is -2.05. The number of benzene rings is 4. The molecule has 6 nitrogen and oxygen atoms in total. The molecule has 0 aromatic heterocycles. The molecule has 44 heavy (non-hydrogen) atoms. The summed E-state index contributed by atoms with van der Waals surface area (Å²) in [4.78, 5) is 27.3. The highest BCUT2D eigenvalue weighted by molar-refractivity contribution is 7.98. The first kappa shape index (κ1) is 29.7. The molecule has 0 N–H and O–H groups in total. The van der Waals surface area contributed by atoms with Gasteiger partial charge in [0.25, 0.3) is 0 Å². The molecule has 2 aliphatic heterocycles. The molecule has 0 amide bonds. The van der Waals surface area contributed by atoms with Crippen molar-refractivity contribution in [1.82, 2.24) is 0 Å². The number of hydrogen-bond acceptors (Lipinski definition) is 7. The summed E-state index contributed by atoms with van der Waals surface area (Å²) >= 11 is 1.66. The van der Waals surface area contributed by atoms with E-state index < -0.39 is 21.8 Å². The Balaban J connectivity index is 1.54. The molecule has 2 aliphatic rings. The summed E-state index contributed by atoms with van der Waals surface area (Å²) in [5.74, 6) is -0.837. The van der Waals surface area contributed by atoms with Crippen molar-refractivity contribution in [1.29, 1.82) is 0 Å². The predicted molar refractivity (Wildman–Crippen MR) is 175 cm³/mol. The van der Waals surface area contributed by atoms with Crippen molar-refractivity contribution in [2.75, 3.05) is 25.7 Å². The maximum absolute atomic E-state index is 13.2. The minimum atomic E-state index is -3.66. The third kappa shape index (κ3) is 5.40. The molecule has 0 unspecified atom stereocenters. The van der Waals surface area contributed by atoms with Crippen LogP contribution in [0.15, 0.2) is 94.7 Å². The smallest absolute Gasteiger partial charge is 0.339 e. The molecular formula is C36H30O6S2. The van der Waals surface area contributed by atoms with E-state index in [1.165, 1.54) is 6.26 Å². The van der Waals surface area contributed by atoms with Crippen LogP contribution in [-0.4, -0.2) is 46.1 Å². The van der Waals surface area contributed by atoms with Gasteiger partial charge in [-0.3, -0.25) is 0 Å². The predicted octanol–water partition coefficient (Wildman–Crippen LogP) is 7.03. The maximum Gasteiger partial charge on any atom is 0.339 e. The SMILES string of the molecule is CSc1ccc(C2=C(c3cccc(-c4cc(C5=C(c6ccccc6)C(=O)OC5)cc(C)c4S(C)(=O)=O)c3)C(=O)OC2)cc1C. The Bertz CT molecular complexity index is 2020. The Labute approximate surface area is 261 Å². The van der Waals surface area contributed by atoms with Crippen LogP contribution in [0, 0.1) is 13.8 Å². The van der Waals surface area contributed by atoms with Gasteiger partial charge >= 0.3 is 11.9 Å². The highest BCUT2D eigenvalue weighted by Gasteiger charge is 2.30. The lowest BCUT2D eigenvalue weighted by Gasteiger charge is -2.16. The fourth-order valence-corrected chi connectivity index (χ4v) is 7.82. The highest BCUT2D eigenvalue weighted by atomic mass is 32.2. The van der Waals surface area contributed by atoms with Gasteiger partial charge in [-0.05, 0) is 77.2 Å². The van der Waals surface area contributed by atoms with Gasteiger partial charge in [0.1, 0.15) is 13.2 Å². The average Bonchev–Trinajstić information content (AvgIpc) is 3.58. The summed E-state index contributed by atoms with van der Waals surface area (Å²) < 4.78 is 37.3. The van der Waals surface area contributed by atoms with E-state index in [0.717, 1.165) is 27.2 Å². The molecule has 222 valence electrons. The second kappa shape index (κ2) is 11.6. The molecule has 0 radical (unpaired) electrons. The van der Waals surface area contributed by atoms with Crippen LogP contribution < -0.4 is 0 Å². The number of esters is 2. The lowest BCUT2D eigenvalue weighted by atomic mass is 9.90. The van der Waals surface area contributed by atoms with Crippen LogP contribution in [0.1, 0.15) is 33.4 Å². The normalized spacial score (nSPS) is 15.2. The molecule has 2 heterocycles. The summed E-state index contributed by atoms with van der Waals surface area (Å²) in [5.41, 5.74) is 8.15. The summed E-state index contributed by atoms with van der Waals surface area (Å²) in [6.07, 6.45) is 3.22. The van der Waals surface area contributed by atoms with Gasteiger partial charge in [0, 0.05) is 27.9 Å². The first-order valence-corrected chi connectivity index (χ1v) is 17.1. The number of rotatable bonds is 7. The van der Waals surface area contributed by atoms with Crippen molar-refractivity contribution < 1.29 is 27.5 Å². The van der Waals surface area contributed by atoms with Crippen molar-refractivity contribution in [3.05, 3.63) is 118 Å². The molecule has 4 aromatic carbocycles. The van der Waals surface area contributed by atoms with E-state index in [-0.39, 0.29) is 18.1 Å². The molecule has 0 saturated carbocycles. The number of thioether (sulfide) groups is 1. The first-order valence-electron chi connectivity index (χ1n) is 14.0. The molecular weight excluding hydrogens is 593 g/mol. The largest absolute Gasteiger partial charge is 0.457 e. The van der Waals surface area contributed by atoms with Crippen LogP contribution in [-0.2, 0) is 28.9 Å². The third-order valence-corrected chi connectivity index (χ3v) is 10.2. The van der Waals surface area contributed by atoms with Crippen molar-refractivity contribution in [3.8, 4) is 11.1 Å². The molecule has 6 rings (SSSR count). The van der Waals surface area contributed by atoms with Crippen LogP contribution >= 0.6 is 11.8 Å². The number of sulfone groups is 1. The summed E-state index contributed by atoms with van der Waals surface area (Å²) in [6.45, 7) is 4.03. The summed E-state index contributed by atoms with van der Waals surface area (Å²) in [6, 6.07) is 26.3. The van der Waals surface area contributed by atoms with Crippen molar-refractivity contribution in [2.45, 2.75) is 23.6 Å². The third-order valence-electron chi connectivity index (χ3n) is 7.97. The Morgan fingerprint density at radius 2 is 1.23 bits per heavy atom. The first-order chi connectivity index (χ1) is 21.1. The van der Waals surface area contributed by atoms with E-state index >= 15 is 0 Å². The van der Waals surface area contributed by atoms with Gasteiger partial charge in [-0.1, -0.05) is 66.7 Å². The maximum atomic E-state index is 13.2. The van der Waals surface area contributed by atoms with Gasteiger partial charge in [0.05, 0.1) is 16.0 Å². The van der Waals surface area contributed by atoms with Gasteiger partial charge in [-0.2, -0.15) is 0 Å². The van der Waals surface area contributed by atoms with Crippen molar-refractivity contribution in [2.24, 2.45) is 0 Å². The Hall–Kier alpha value is -4.40. The fourth-order valence-electron chi connectivity index (χ4n) is 6.02. The zero-order valence-electron chi connectivity index (χ0n) is 24.8. The summed E-state index contributed by atoms with van der Waals surface area (Å²) in [7, 11) is -3.66. The average molecular weight is 623 g/mol. The van der Waals surface area contributed by atoms with Gasteiger partial charge in [0.2, 0.25) is 0 Å². The molecule has 0 aliphatic carbocycles. The fraction of sp³-hybridized carbons (Fsp3) is 0.167. The number of carbonyl (C=O) groups is 2. The van der Waals surface area contributed by atoms with E-state index in [9.17, 15) is 18.0 Å². The van der Waals surface area contributed by atoms with Crippen LogP contribution in [0.3, 0.4) is 0 Å². The Kier molecular flexibility index (Phi) is 7.82. The second-order valence-corrected chi connectivity index (χ2v) is 13.7. The molecule has 0 saturated heterocycles. The van der Waals surface area contributed by atoms with E-state index in [4.69, 9.17) is 9.47 Å². The Morgan fingerprint density at radius 1 is 0.636 bits per heavy atom. The standard InChI is InChI=1S/C36H30O6S2/c1-21-15-25(13-14-31(21)43-3)29-19-41-36(38)33(29)26-12-8-11-24(17-26)28-18-27(16-22(2)34(28)44(4,39)40)30-20-42-35(37)32(30)23-9-6-5-7-10-23/h5-18H,19-20H2,1-4H3. The topological polar surface area (TPSA) is 86.7 Å². The van der Waals surface area contributed by atoms with Crippen LogP contribution in [0.25, 0.3) is 33.4 Å². The second-order valence-electron chi connectivity index (χ2n) is 10.9. The van der Waals surface area contributed by atoms with E-state index in [2.05, 4.69) is 6.07 Å². The van der Waals surface area contributed by atoms with Gasteiger partial charge < -0.3 is 9.47 Å². The van der Waals surface area contributed by atoms with Crippen molar-refractivity contribution >= 4 is 55.8 Å². The molecule has 0 atom stereocenters. The highest BCUT2D eigenvalue weighted by Crippen LogP contribution is 2.40. The number of cyclic esters (lactones) is 2. The number of ether oxygens (including phenoxy) is 2. The monoisotopic (exact) mass is 622 g/mol. The quantitative estimate of drug-likeness (QED) is 0.162. The molecule has 0 bridgehead atoms.